The van der Waals surface area contributed by atoms with Crippen LogP contribution in [0.25, 0.3) is 33.3 Å². The van der Waals surface area contributed by atoms with Crippen molar-refractivity contribution in [3.05, 3.63) is 77.0 Å². The van der Waals surface area contributed by atoms with Crippen LogP contribution in [0.5, 0.6) is 0 Å². The van der Waals surface area contributed by atoms with E-state index in [0.717, 1.165) is 5.39 Å². The van der Waals surface area contributed by atoms with Gasteiger partial charge in [0.15, 0.2) is 11.4 Å². The van der Waals surface area contributed by atoms with Gasteiger partial charge in [-0.25, -0.2) is 9.67 Å². The van der Waals surface area contributed by atoms with Gasteiger partial charge in [0.1, 0.15) is 5.69 Å². The van der Waals surface area contributed by atoms with Gasteiger partial charge >= 0.3 is 0 Å². The second kappa shape index (κ2) is 7.49. The number of fused-ring (bicyclic) bond motifs is 2. The Balaban J connectivity index is 1.61. The molecule has 0 aliphatic rings. The summed E-state index contributed by atoms with van der Waals surface area (Å²) in [4.78, 5) is 30.5. The van der Waals surface area contributed by atoms with Crippen molar-refractivity contribution in [2.24, 2.45) is 7.05 Å². The Labute approximate surface area is 183 Å². The Morgan fingerprint density at radius 2 is 1.97 bits per heavy atom. The average Bonchev–Trinajstić information content (AvgIpc) is 3.46. The smallest absolute Gasteiger partial charge is 0.258 e. The van der Waals surface area contributed by atoms with Crippen LogP contribution in [0.1, 0.15) is 30.2 Å². The first kappa shape index (κ1) is 19.7. The molecule has 8 heteroatoms. The highest BCUT2D eigenvalue weighted by Gasteiger charge is 2.19. The Morgan fingerprint density at radius 3 is 2.72 bits per heavy atom. The second-order valence-corrected chi connectivity index (χ2v) is 7.94. The molecule has 0 atom stereocenters. The Morgan fingerprint density at radius 1 is 1.12 bits per heavy atom. The minimum Gasteiger partial charge on any atom is -0.463 e. The van der Waals surface area contributed by atoms with Gasteiger partial charge < -0.3 is 14.3 Å². The highest BCUT2D eigenvalue weighted by molar-refractivity contribution is 6.13. The fraction of sp³-hybridized carbons (Fsp3) is 0.167. The third kappa shape index (κ3) is 3.26. The summed E-state index contributed by atoms with van der Waals surface area (Å²) in [6.07, 6.45) is 4.94. The van der Waals surface area contributed by atoms with Gasteiger partial charge in [0.25, 0.3) is 11.5 Å². The molecule has 0 aliphatic carbocycles. The lowest BCUT2D eigenvalue weighted by molar-refractivity contribution is 0.102. The number of hydrogen-bond donors (Lipinski definition) is 1. The summed E-state index contributed by atoms with van der Waals surface area (Å²) in [6.45, 7) is 4.01. The van der Waals surface area contributed by atoms with Crippen molar-refractivity contribution in [1.82, 2.24) is 19.3 Å². The van der Waals surface area contributed by atoms with Gasteiger partial charge in [0.05, 0.1) is 23.4 Å². The summed E-state index contributed by atoms with van der Waals surface area (Å²) in [7, 11) is 1.70. The number of aromatic nitrogens is 4. The lowest BCUT2D eigenvalue weighted by Gasteiger charge is -2.11. The van der Waals surface area contributed by atoms with Crippen LogP contribution < -0.4 is 10.9 Å². The molecule has 4 heterocycles. The minimum absolute atomic E-state index is 0.0689. The van der Waals surface area contributed by atoms with Crippen molar-refractivity contribution in [2.45, 2.75) is 19.9 Å². The van der Waals surface area contributed by atoms with E-state index in [0.29, 0.717) is 39.1 Å². The van der Waals surface area contributed by atoms with Crippen molar-refractivity contribution in [3.8, 4) is 11.5 Å². The number of carbonyl (C=O) groups excluding carboxylic acids is 1. The van der Waals surface area contributed by atoms with E-state index in [9.17, 15) is 9.59 Å². The molecule has 0 spiro atoms. The molecule has 4 aromatic heterocycles. The number of benzene rings is 1. The summed E-state index contributed by atoms with van der Waals surface area (Å²) in [5, 5.41) is 9.34. The molecule has 5 aromatic rings. The first-order valence-corrected chi connectivity index (χ1v) is 10.3. The molecule has 8 nitrogen and oxygen atoms in total. The predicted molar refractivity (Wildman–Crippen MR) is 123 cm³/mol. The number of nitrogens with zero attached hydrogens (tertiary/aromatic N) is 4. The average molecular weight is 427 g/mol. The molecule has 5 rings (SSSR count). The van der Waals surface area contributed by atoms with Gasteiger partial charge in [-0.15, -0.1) is 0 Å². The third-order valence-corrected chi connectivity index (χ3v) is 5.41. The van der Waals surface area contributed by atoms with Crippen molar-refractivity contribution in [3.63, 3.8) is 0 Å². The van der Waals surface area contributed by atoms with Crippen LogP contribution in [0.2, 0.25) is 0 Å². The number of anilines is 1. The number of amides is 1. The molecule has 0 unspecified atom stereocenters. The first-order chi connectivity index (χ1) is 15.4. The molecule has 0 radical (unpaired) electrons. The van der Waals surface area contributed by atoms with Crippen molar-refractivity contribution >= 4 is 33.4 Å². The zero-order valence-electron chi connectivity index (χ0n) is 17.9. The number of furan rings is 1. The van der Waals surface area contributed by atoms with Crippen LogP contribution in [0.15, 0.2) is 70.3 Å². The summed E-state index contributed by atoms with van der Waals surface area (Å²) >= 11 is 0. The highest BCUT2D eigenvalue weighted by atomic mass is 16.3. The van der Waals surface area contributed by atoms with Crippen LogP contribution in [0.4, 0.5) is 5.69 Å². The fourth-order valence-electron chi connectivity index (χ4n) is 3.75. The Hall–Kier alpha value is -4.20. The minimum atomic E-state index is -0.319. The molecular formula is C24H21N5O3. The largest absolute Gasteiger partial charge is 0.463 e. The lowest BCUT2D eigenvalue weighted by atomic mass is 10.1. The van der Waals surface area contributed by atoms with Gasteiger partial charge in [0.2, 0.25) is 0 Å². The molecule has 0 fully saturated rings. The van der Waals surface area contributed by atoms with Crippen molar-refractivity contribution < 1.29 is 9.21 Å². The van der Waals surface area contributed by atoms with Crippen molar-refractivity contribution in [2.75, 3.05) is 5.32 Å². The molecule has 1 N–H and O–H groups in total. The number of aryl methyl sites for hydroxylation is 1. The molecule has 0 bridgehead atoms. The zero-order chi connectivity index (χ0) is 22.4. The number of pyridine rings is 2. The van der Waals surface area contributed by atoms with Gasteiger partial charge in [-0.1, -0.05) is 6.07 Å². The molecule has 0 saturated heterocycles. The first-order valence-electron chi connectivity index (χ1n) is 10.3. The standard InChI is InChI=1S/C24H21N5O3/c1-14(2)29-22-19(13-25-29)18(12-20(27-22)21-5-4-10-32-21)23(30)26-16-7-6-15-8-9-28(3)24(31)17(15)11-16/h4-14H,1-3H3,(H,26,30). The van der Waals surface area contributed by atoms with Gasteiger partial charge in [-0.05, 0) is 55.6 Å². The molecular weight excluding hydrogens is 406 g/mol. The maximum Gasteiger partial charge on any atom is 0.258 e. The van der Waals surface area contributed by atoms with E-state index >= 15 is 0 Å². The highest BCUT2D eigenvalue weighted by Crippen LogP contribution is 2.27. The monoisotopic (exact) mass is 427 g/mol. The zero-order valence-corrected chi connectivity index (χ0v) is 17.9. The van der Waals surface area contributed by atoms with E-state index in [1.165, 1.54) is 4.57 Å². The summed E-state index contributed by atoms with van der Waals surface area (Å²) in [5.74, 6) is 0.243. The second-order valence-electron chi connectivity index (χ2n) is 7.94. The quantitative estimate of drug-likeness (QED) is 0.459. The van der Waals surface area contributed by atoms with Gasteiger partial charge in [-0.2, -0.15) is 5.10 Å². The normalized spacial score (nSPS) is 11.5. The number of rotatable bonds is 4. The molecule has 0 saturated carbocycles. The van der Waals surface area contributed by atoms with Gasteiger partial charge in [0, 0.05) is 30.4 Å². The van der Waals surface area contributed by atoms with Crippen LogP contribution in [0.3, 0.4) is 0 Å². The maximum absolute atomic E-state index is 13.3. The van der Waals surface area contributed by atoms with E-state index in [2.05, 4.69) is 10.4 Å². The summed E-state index contributed by atoms with van der Waals surface area (Å²) in [5.41, 5.74) is 1.98. The molecule has 160 valence electrons. The lowest BCUT2D eigenvalue weighted by Crippen LogP contribution is -2.17. The Bertz CT molecular complexity index is 1530. The summed E-state index contributed by atoms with van der Waals surface area (Å²) < 4.78 is 8.80. The van der Waals surface area contributed by atoms with E-state index in [1.54, 1.807) is 60.7 Å². The number of carbonyl (C=O) groups is 1. The Kier molecular flexibility index (Phi) is 4.62. The van der Waals surface area contributed by atoms with E-state index < -0.39 is 0 Å². The van der Waals surface area contributed by atoms with E-state index in [4.69, 9.17) is 9.40 Å². The van der Waals surface area contributed by atoms with Gasteiger partial charge in [-0.3, -0.25) is 9.59 Å². The van der Waals surface area contributed by atoms with Crippen LogP contribution >= 0.6 is 0 Å². The van der Waals surface area contributed by atoms with E-state index in [-0.39, 0.29) is 17.5 Å². The topological polar surface area (TPSA) is 95.0 Å². The number of nitrogens with one attached hydrogen (secondary N) is 1. The SMILES string of the molecule is CC(C)n1ncc2c(C(=O)Nc3ccc4ccn(C)c(=O)c4c3)cc(-c3ccco3)nc21. The summed E-state index contributed by atoms with van der Waals surface area (Å²) in [6, 6.07) is 12.5. The third-order valence-electron chi connectivity index (χ3n) is 5.41. The van der Waals surface area contributed by atoms with Crippen LogP contribution in [-0.2, 0) is 7.05 Å². The van der Waals surface area contributed by atoms with Crippen molar-refractivity contribution in [1.29, 1.82) is 0 Å². The molecule has 1 amide bonds. The maximum atomic E-state index is 13.3. The predicted octanol–water partition coefficient (Wildman–Crippen LogP) is 4.38. The molecule has 1 aromatic carbocycles. The number of hydrogen-bond acceptors (Lipinski definition) is 5. The van der Waals surface area contributed by atoms with Crippen LogP contribution in [0, 0.1) is 0 Å². The van der Waals surface area contributed by atoms with Crippen LogP contribution in [-0.4, -0.2) is 25.2 Å². The molecule has 32 heavy (non-hydrogen) atoms. The fourth-order valence-corrected chi connectivity index (χ4v) is 3.75. The molecule has 0 aliphatic heterocycles. The van der Waals surface area contributed by atoms with E-state index in [1.807, 2.05) is 26.0 Å².